The van der Waals surface area contributed by atoms with Gasteiger partial charge in [0.25, 0.3) is 0 Å². The van der Waals surface area contributed by atoms with Gasteiger partial charge in [-0.15, -0.1) is 0 Å². The maximum atomic E-state index is 3.07. The second kappa shape index (κ2) is 7.23. The molecule has 0 aliphatic heterocycles. The van der Waals surface area contributed by atoms with Crippen LogP contribution in [0.3, 0.4) is 0 Å². The molecule has 0 rings (SSSR count). The van der Waals surface area contributed by atoms with Crippen molar-refractivity contribution < 1.29 is 0 Å². The largest absolute Gasteiger partial charge is 0.361 e. The minimum absolute atomic E-state index is 0.693. The molecule has 0 aromatic rings. The zero-order chi connectivity index (χ0) is 13.8. The van der Waals surface area contributed by atoms with Crippen molar-refractivity contribution in [1.29, 1.82) is 0 Å². The predicted molar refractivity (Wildman–Crippen MR) is 89.2 cm³/mol. The first-order valence-electron chi connectivity index (χ1n) is 7.26. The molecule has 0 aromatic heterocycles. The third-order valence-electron chi connectivity index (χ3n) is 4.13. The molecule has 2 nitrogen and oxygen atoms in total. The van der Waals surface area contributed by atoms with Crippen molar-refractivity contribution in [2.75, 3.05) is 13.1 Å². The fourth-order valence-corrected chi connectivity index (χ4v) is 22.2. The monoisotopic (exact) mass is 290 g/mol. The van der Waals surface area contributed by atoms with E-state index in [1.54, 1.807) is 0 Å². The zero-order valence-electron chi connectivity index (χ0n) is 13.5. The Hall–Kier alpha value is 0.571. The molecule has 5 heteroatoms. The molecule has 0 aliphatic carbocycles. The van der Waals surface area contributed by atoms with E-state index in [0.29, 0.717) is 0 Å². The summed E-state index contributed by atoms with van der Waals surface area (Å²) in [5.41, 5.74) is 0.826. The van der Waals surface area contributed by atoms with Crippen LogP contribution < -0.4 is 0 Å². The quantitative estimate of drug-likeness (QED) is 0.665. The molecule has 0 saturated heterocycles. The van der Waals surface area contributed by atoms with Crippen molar-refractivity contribution in [2.24, 2.45) is 0 Å². The molecule has 0 fully saturated rings. The van der Waals surface area contributed by atoms with Crippen LogP contribution >= 0.6 is 0 Å². The van der Waals surface area contributed by atoms with E-state index in [2.05, 4.69) is 68.9 Å². The fourth-order valence-electron chi connectivity index (χ4n) is 3.33. The minimum Gasteiger partial charge on any atom is -0.361 e. The van der Waals surface area contributed by atoms with Gasteiger partial charge in [0.15, 0.2) is 8.40 Å². The van der Waals surface area contributed by atoms with Gasteiger partial charge in [-0.25, -0.2) is 0 Å². The van der Waals surface area contributed by atoms with Gasteiger partial charge in [-0.1, -0.05) is 53.9 Å². The van der Waals surface area contributed by atoms with Crippen LogP contribution in [0.5, 0.6) is 0 Å². The van der Waals surface area contributed by atoms with E-state index >= 15 is 0 Å². The summed E-state index contributed by atoms with van der Waals surface area (Å²) < 4.78 is 5.88. The Morgan fingerprint density at radius 1 is 0.941 bits per heavy atom. The van der Waals surface area contributed by atoms with Crippen molar-refractivity contribution in [3.63, 3.8) is 0 Å². The Labute approximate surface area is 114 Å². The van der Waals surface area contributed by atoms with E-state index in [1.165, 1.54) is 13.1 Å². The fraction of sp³-hybridized carbons (Fsp3) is 1.00. The van der Waals surface area contributed by atoms with E-state index < -0.39 is 26.3 Å². The average Bonchev–Trinajstić information content (AvgIpc) is 2.17. The van der Waals surface area contributed by atoms with Gasteiger partial charge in [-0.3, -0.25) is 0 Å². The molecule has 0 aromatic carbocycles. The normalized spacial score (nSPS) is 16.6. The summed E-state index contributed by atoms with van der Waals surface area (Å²) in [6, 6.07) is 0. The highest BCUT2D eigenvalue weighted by Gasteiger charge is 2.44. The van der Waals surface area contributed by atoms with Gasteiger partial charge in [0.2, 0.25) is 0 Å². The molecular weight excluding hydrogens is 256 g/mol. The standard InChI is InChI=1S/C12H34N2Si3/c1-10-13(11-2)17(9,12(3)4)14(15(5)6)16(7)8/h12,15-16H,10-11H2,1-9H3. The summed E-state index contributed by atoms with van der Waals surface area (Å²) in [6.07, 6.45) is 0. The van der Waals surface area contributed by atoms with Crippen LogP contribution in [0.15, 0.2) is 0 Å². The lowest BCUT2D eigenvalue weighted by molar-refractivity contribution is 0.429. The van der Waals surface area contributed by atoms with E-state index in [1.807, 2.05) is 0 Å². The Balaban J connectivity index is 5.42. The van der Waals surface area contributed by atoms with Crippen LogP contribution in [-0.4, -0.2) is 47.9 Å². The first kappa shape index (κ1) is 17.6. The van der Waals surface area contributed by atoms with Gasteiger partial charge in [-0.2, -0.15) is 0 Å². The predicted octanol–water partition coefficient (Wildman–Crippen LogP) is 3.08. The van der Waals surface area contributed by atoms with E-state index in [9.17, 15) is 0 Å². The van der Waals surface area contributed by atoms with Crippen LogP contribution in [0.1, 0.15) is 27.7 Å². The number of hydrogen-bond acceptors (Lipinski definition) is 2. The van der Waals surface area contributed by atoms with Gasteiger partial charge in [-0.05, 0) is 25.2 Å². The lowest BCUT2D eigenvalue weighted by atomic mass is 10.6. The van der Waals surface area contributed by atoms with Crippen molar-refractivity contribution in [3.05, 3.63) is 0 Å². The molecule has 0 radical (unpaired) electrons. The molecule has 0 N–H and O–H groups in total. The van der Waals surface area contributed by atoms with Crippen molar-refractivity contribution >= 4 is 26.3 Å². The molecule has 17 heavy (non-hydrogen) atoms. The van der Waals surface area contributed by atoms with Gasteiger partial charge in [0.05, 0.1) is 17.9 Å². The Kier molecular flexibility index (Phi) is 7.47. The van der Waals surface area contributed by atoms with E-state index in [4.69, 9.17) is 0 Å². The summed E-state index contributed by atoms with van der Waals surface area (Å²) in [5, 5.41) is 0. The van der Waals surface area contributed by atoms with E-state index in [0.717, 1.165) is 5.54 Å². The van der Waals surface area contributed by atoms with Crippen LogP contribution in [-0.2, 0) is 0 Å². The number of nitrogens with zero attached hydrogens (tertiary/aromatic N) is 2. The lowest BCUT2D eigenvalue weighted by Crippen LogP contribution is -2.71. The van der Waals surface area contributed by atoms with Gasteiger partial charge >= 0.3 is 0 Å². The number of hydrogen-bond donors (Lipinski definition) is 0. The summed E-state index contributed by atoms with van der Waals surface area (Å²) in [6.45, 7) is 24.7. The third-order valence-corrected chi connectivity index (χ3v) is 21.3. The average molecular weight is 291 g/mol. The topological polar surface area (TPSA) is 6.48 Å². The molecule has 0 amide bonds. The highest BCUT2D eigenvalue weighted by molar-refractivity contribution is 6.93. The molecule has 0 saturated carbocycles. The second-order valence-corrected chi connectivity index (χ2v) is 17.6. The van der Waals surface area contributed by atoms with Crippen LogP contribution in [0.25, 0.3) is 0 Å². The van der Waals surface area contributed by atoms with E-state index in [-0.39, 0.29) is 0 Å². The molecule has 0 aliphatic rings. The summed E-state index contributed by atoms with van der Waals surface area (Å²) in [5.74, 6) is 0. The highest BCUT2D eigenvalue weighted by Crippen LogP contribution is 2.30. The number of rotatable bonds is 7. The van der Waals surface area contributed by atoms with Gasteiger partial charge in [0.1, 0.15) is 0 Å². The van der Waals surface area contributed by atoms with Crippen LogP contribution in [0, 0.1) is 0 Å². The van der Waals surface area contributed by atoms with Crippen molar-refractivity contribution in [1.82, 2.24) is 8.46 Å². The molecule has 0 spiro atoms. The van der Waals surface area contributed by atoms with Crippen molar-refractivity contribution in [2.45, 2.75) is 66.0 Å². The SMILES string of the molecule is CCN(CC)[Si](C)(C(C)C)N([SiH](C)C)[SiH](C)C. The Morgan fingerprint density at radius 2 is 1.29 bits per heavy atom. The smallest absolute Gasteiger partial charge is 0.192 e. The summed E-state index contributed by atoms with van der Waals surface area (Å²) in [4.78, 5) is 0. The zero-order valence-corrected chi connectivity index (χ0v) is 16.9. The van der Waals surface area contributed by atoms with Crippen LogP contribution in [0.2, 0.25) is 38.3 Å². The molecule has 1 unspecified atom stereocenters. The maximum Gasteiger partial charge on any atom is 0.192 e. The Bertz CT molecular complexity index is 210. The molecule has 0 bridgehead atoms. The summed E-state index contributed by atoms with van der Waals surface area (Å²) in [7, 11) is -2.81. The third kappa shape index (κ3) is 3.76. The maximum absolute atomic E-state index is 3.07. The summed E-state index contributed by atoms with van der Waals surface area (Å²) >= 11 is 0. The van der Waals surface area contributed by atoms with Crippen LogP contribution in [0.4, 0.5) is 0 Å². The van der Waals surface area contributed by atoms with Crippen molar-refractivity contribution in [3.8, 4) is 0 Å². The molecular formula is C12H34N2Si3. The first-order valence-corrected chi connectivity index (χ1v) is 15.4. The molecule has 1 atom stereocenters. The Morgan fingerprint density at radius 3 is 1.47 bits per heavy atom. The van der Waals surface area contributed by atoms with Gasteiger partial charge in [0, 0.05) is 0 Å². The second-order valence-electron chi connectivity index (χ2n) is 6.02. The first-order chi connectivity index (χ1) is 7.73. The van der Waals surface area contributed by atoms with Gasteiger partial charge < -0.3 is 8.46 Å². The molecule has 0 heterocycles. The minimum atomic E-state index is -1.42. The molecule has 104 valence electrons. The highest BCUT2D eigenvalue weighted by atomic mass is 28.4. The lowest BCUT2D eigenvalue weighted by Gasteiger charge is -2.53.